The van der Waals surface area contributed by atoms with Crippen LogP contribution in [0.5, 0.6) is 0 Å². The Morgan fingerprint density at radius 2 is 1.91 bits per heavy atom. The van der Waals surface area contributed by atoms with Gasteiger partial charge in [0.1, 0.15) is 5.82 Å². The van der Waals surface area contributed by atoms with Crippen molar-refractivity contribution >= 4 is 23.1 Å². The third-order valence-corrected chi connectivity index (χ3v) is 6.51. The largest absolute Gasteiger partial charge is 0.334 e. The van der Waals surface area contributed by atoms with E-state index in [2.05, 4.69) is 17.2 Å². The van der Waals surface area contributed by atoms with Crippen molar-refractivity contribution in [2.24, 2.45) is 0 Å². The summed E-state index contributed by atoms with van der Waals surface area (Å²) in [6, 6.07) is 6.63. The molecular formula is C28H37FN4O2. The summed E-state index contributed by atoms with van der Waals surface area (Å²) in [5, 5.41) is 4.13. The van der Waals surface area contributed by atoms with Crippen LogP contribution in [0, 0.1) is 12.7 Å². The number of carbonyl (C=O) groups is 2. The summed E-state index contributed by atoms with van der Waals surface area (Å²) in [6.45, 7) is 13.0. The third kappa shape index (κ3) is 5.78. The van der Waals surface area contributed by atoms with Crippen LogP contribution in [0.15, 0.2) is 36.7 Å². The van der Waals surface area contributed by atoms with Gasteiger partial charge < -0.3 is 14.8 Å². The molecule has 0 spiro atoms. The van der Waals surface area contributed by atoms with Crippen LogP contribution in [0.2, 0.25) is 0 Å². The molecule has 3 aromatic rings. The number of pyridine rings is 1. The summed E-state index contributed by atoms with van der Waals surface area (Å²) < 4.78 is 15.9. The maximum Gasteiger partial charge on any atom is 0.256 e. The highest BCUT2D eigenvalue weighted by molar-refractivity contribution is 6.02. The molecule has 0 aliphatic carbocycles. The lowest BCUT2D eigenvalue weighted by atomic mass is 10.1. The Morgan fingerprint density at radius 3 is 2.46 bits per heavy atom. The smallest absolute Gasteiger partial charge is 0.256 e. The van der Waals surface area contributed by atoms with Crippen LogP contribution >= 0.6 is 0 Å². The van der Waals surface area contributed by atoms with Gasteiger partial charge >= 0.3 is 0 Å². The lowest BCUT2D eigenvalue weighted by Gasteiger charge is -2.31. The number of piperidine rings is 1. The fourth-order valence-electron chi connectivity index (χ4n) is 4.85. The van der Waals surface area contributed by atoms with Crippen LogP contribution in [0.4, 0.5) is 4.39 Å². The van der Waals surface area contributed by atoms with E-state index in [9.17, 15) is 14.0 Å². The Kier molecular flexibility index (Phi) is 8.78. The quantitative estimate of drug-likeness (QED) is 0.476. The Bertz CT molecular complexity index is 1170. The molecule has 6 nitrogen and oxygen atoms in total. The predicted molar refractivity (Wildman–Crippen MR) is 139 cm³/mol. The number of benzene rings is 1. The van der Waals surface area contributed by atoms with E-state index in [1.54, 1.807) is 34.0 Å². The first-order valence-electron chi connectivity index (χ1n) is 12.4. The molecule has 0 radical (unpaired) electrons. The Morgan fingerprint density at radius 1 is 1.20 bits per heavy atom. The summed E-state index contributed by atoms with van der Waals surface area (Å²) in [5.41, 5.74) is 2.69. The van der Waals surface area contributed by atoms with Crippen molar-refractivity contribution < 1.29 is 14.0 Å². The molecule has 3 heterocycles. The van der Waals surface area contributed by atoms with Gasteiger partial charge in [-0.25, -0.2) is 4.39 Å². The minimum absolute atomic E-state index is 0.0432. The Hall–Kier alpha value is -3.06. The average Bonchev–Trinajstić information content (AvgIpc) is 3.10. The lowest BCUT2D eigenvalue weighted by molar-refractivity contribution is 0.0643. The summed E-state index contributed by atoms with van der Waals surface area (Å²) in [6.07, 6.45) is 8.25. The fraction of sp³-hybridized carbons (Fsp3) is 0.464. The molecule has 0 saturated carbocycles. The van der Waals surface area contributed by atoms with Crippen molar-refractivity contribution in [1.29, 1.82) is 0 Å². The number of amides is 1. The summed E-state index contributed by atoms with van der Waals surface area (Å²) in [7, 11) is 0. The van der Waals surface area contributed by atoms with Crippen LogP contribution in [0.1, 0.15) is 80.3 Å². The van der Waals surface area contributed by atoms with Crippen molar-refractivity contribution in [1.82, 2.24) is 19.8 Å². The van der Waals surface area contributed by atoms with Crippen LogP contribution < -0.4 is 5.32 Å². The van der Waals surface area contributed by atoms with Gasteiger partial charge in [0.25, 0.3) is 5.91 Å². The molecule has 188 valence electrons. The molecular weight excluding hydrogens is 443 g/mol. The van der Waals surface area contributed by atoms with Crippen molar-refractivity contribution in [2.75, 3.05) is 6.54 Å². The summed E-state index contributed by atoms with van der Waals surface area (Å²) in [5.74, 6) is -0.736. The molecule has 7 heteroatoms. The average molecular weight is 481 g/mol. The number of nitrogens with one attached hydrogen (secondary N) is 1. The maximum absolute atomic E-state index is 14.1. The molecule has 1 atom stereocenters. The molecule has 1 aromatic carbocycles. The molecule has 4 rings (SSSR count). The zero-order valence-electron chi connectivity index (χ0n) is 21.6. The highest BCUT2D eigenvalue weighted by Gasteiger charge is 2.26. The van der Waals surface area contributed by atoms with Gasteiger partial charge in [-0.1, -0.05) is 6.42 Å². The molecule has 1 saturated heterocycles. The Labute approximate surface area is 207 Å². The summed E-state index contributed by atoms with van der Waals surface area (Å²) >= 11 is 0. The first kappa shape index (κ1) is 26.5. The topological polar surface area (TPSA) is 67.2 Å². The van der Waals surface area contributed by atoms with E-state index in [1.807, 2.05) is 34.6 Å². The standard InChI is InChI=1S/C22H24FN3O2.C6H13N/c1-13(2)25(14(3)4)22(28)18-10-16(23)6-7-20(18)26-15(5)19(12-27)17-8-9-24-11-21(17)26;1-6-4-2-3-5-7-6/h6-14H,1-5H3;6-7H,2-5H2,1H3. The van der Waals surface area contributed by atoms with Crippen LogP contribution in [0.25, 0.3) is 16.6 Å². The SMILES string of the molecule is CC1CCCCN1.Cc1c(C=O)c2ccncc2n1-c1ccc(F)cc1C(=O)N(C(C)C)C(C)C. The zero-order chi connectivity index (χ0) is 25.7. The third-order valence-electron chi connectivity index (χ3n) is 6.51. The number of hydrogen-bond acceptors (Lipinski definition) is 4. The molecule has 2 aromatic heterocycles. The number of nitrogens with zero attached hydrogens (tertiary/aromatic N) is 3. The molecule has 1 aliphatic heterocycles. The van der Waals surface area contributed by atoms with Crippen LogP contribution in [-0.2, 0) is 0 Å². The van der Waals surface area contributed by atoms with Gasteiger partial charge in [0, 0.05) is 41.0 Å². The summed E-state index contributed by atoms with van der Waals surface area (Å²) in [4.78, 5) is 30.9. The van der Waals surface area contributed by atoms with Crippen molar-refractivity contribution in [3.63, 3.8) is 0 Å². The number of hydrogen-bond donors (Lipinski definition) is 1. The first-order chi connectivity index (χ1) is 16.7. The van der Waals surface area contributed by atoms with Gasteiger partial charge in [-0.2, -0.15) is 0 Å². The van der Waals surface area contributed by atoms with E-state index < -0.39 is 5.82 Å². The van der Waals surface area contributed by atoms with Gasteiger partial charge in [-0.3, -0.25) is 14.6 Å². The van der Waals surface area contributed by atoms with Crippen molar-refractivity contribution in [3.05, 3.63) is 59.3 Å². The van der Waals surface area contributed by atoms with E-state index in [0.29, 0.717) is 22.5 Å². The second-order valence-electron chi connectivity index (χ2n) is 9.76. The fourth-order valence-corrected chi connectivity index (χ4v) is 4.85. The minimum Gasteiger partial charge on any atom is -0.334 e. The van der Waals surface area contributed by atoms with E-state index in [1.165, 1.54) is 37.9 Å². The van der Waals surface area contributed by atoms with Gasteiger partial charge in [-0.15, -0.1) is 0 Å². The normalized spacial score (nSPS) is 15.7. The number of aldehydes is 1. The van der Waals surface area contributed by atoms with Gasteiger partial charge in [0.2, 0.25) is 0 Å². The van der Waals surface area contributed by atoms with Gasteiger partial charge in [0.05, 0.1) is 23.0 Å². The van der Waals surface area contributed by atoms with E-state index in [-0.39, 0.29) is 23.6 Å². The number of carbonyl (C=O) groups excluding carboxylic acids is 2. The van der Waals surface area contributed by atoms with E-state index >= 15 is 0 Å². The maximum atomic E-state index is 14.1. The molecule has 35 heavy (non-hydrogen) atoms. The molecule has 1 unspecified atom stereocenters. The van der Waals surface area contributed by atoms with Gasteiger partial charge in [0.15, 0.2) is 6.29 Å². The second-order valence-corrected chi connectivity index (χ2v) is 9.76. The number of aromatic nitrogens is 2. The number of fused-ring (bicyclic) bond motifs is 1. The first-order valence-corrected chi connectivity index (χ1v) is 12.4. The zero-order valence-corrected chi connectivity index (χ0v) is 21.6. The second kappa shape index (κ2) is 11.6. The number of rotatable bonds is 5. The van der Waals surface area contributed by atoms with E-state index in [4.69, 9.17) is 0 Å². The van der Waals surface area contributed by atoms with E-state index in [0.717, 1.165) is 17.7 Å². The van der Waals surface area contributed by atoms with Crippen molar-refractivity contribution in [2.45, 2.75) is 78.9 Å². The molecule has 1 fully saturated rings. The van der Waals surface area contributed by atoms with Crippen molar-refractivity contribution in [3.8, 4) is 5.69 Å². The molecule has 1 N–H and O–H groups in total. The highest BCUT2D eigenvalue weighted by Crippen LogP contribution is 2.30. The predicted octanol–water partition coefficient (Wildman–Crippen LogP) is 5.69. The number of halogens is 1. The molecule has 1 aliphatic rings. The minimum atomic E-state index is -0.484. The monoisotopic (exact) mass is 480 g/mol. The highest BCUT2D eigenvalue weighted by atomic mass is 19.1. The molecule has 0 bridgehead atoms. The van der Waals surface area contributed by atoms with Gasteiger partial charge in [-0.05, 0) is 85.2 Å². The molecule has 1 amide bonds. The van der Waals surface area contributed by atoms with Crippen LogP contribution in [0.3, 0.4) is 0 Å². The Balaban J connectivity index is 0.000000420. The van der Waals surface area contributed by atoms with Crippen LogP contribution in [-0.4, -0.2) is 51.3 Å². The lowest BCUT2D eigenvalue weighted by Crippen LogP contribution is -2.42.